The van der Waals surface area contributed by atoms with Crippen LogP contribution in [0.2, 0.25) is 0 Å². The summed E-state index contributed by atoms with van der Waals surface area (Å²) in [7, 11) is 0. The zero-order chi connectivity index (χ0) is 20.4. The van der Waals surface area contributed by atoms with E-state index < -0.39 is 25.1 Å². The Bertz CT molecular complexity index is 904. The van der Waals surface area contributed by atoms with E-state index in [9.17, 15) is 26.3 Å². The number of hydrogen-bond acceptors (Lipinski definition) is 2. The summed E-state index contributed by atoms with van der Waals surface area (Å²) in [4.78, 5) is 0. The molecule has 0 bridgehead atoms. The highest BCUT2D eigenvalue weighted by Crippen LogP contribution is 2.36. The van der Waals surface area contributed by atoms with E-state index >= 15 is 0 Å². The Hall–Kier alpha value is -2.81. The van der Waals surface area contributed by atoms with Gasteiger partial charge in [0.05, 0.1) is 24.2 Å². The van der Waals surface area contributed by atoms with Crippen LogP contribution in [0.15, 0.2) is 66.9 Å². The lowest BCUT2D eigenvalue weighted by Gasteiger charge is -2.23. The Morgan fingerprint density at radius 2 is 1.54 bits per heavy atom. The van der Waals surface area contributed by atoms with Gasteiger partial charge in [-0.1, -0.05) is 36.4 Å². The average Bonchev–Trinajstić information content (AvgIpc) is 3.10. The van der Waals surface area contributed by atoms with Gasteiger partial charge < -0.3 is 4.74 Å². The van der Waals surface area contributed by atoms with Crippen molar-refractivity contribution in [3.63, 3.8) is 0 Å². The Morgan fingerprint density at radius 1 is 0.857 bits per heavy atom. The van der Waals surface area contributed by atoms with E-state index in [4.69, 9.17) is 0 Å². The maximum absolute atomic E-state index is 12.6. The smallest absolute Gasteiger partial charge is 0.356 e. The van der Waals surface area contributed by atoms with E-state index in [-0.39, 0.29) is 5.56 Å². The fourth-order valence-corrected chi connectivity index (χ4v) is 2.67. The van der Waals surface area contributed by atoms with Crippen molar-refractivity contribution in [3.05, 3.63) is 72.4 Å². The van der Waals surface area contributed by atoms with Crippen LogP contribution < -0.4 is 0 Å². The molecule has 28 heavy (non-hydrogen) atoms. The number of halogens is 6. The molecule has 1 heterocycles. The molecule has 0 amide bonds. The van der Waals surface area contributed by atoms with E-state index in [0.717, 1.165) is 5.69 Å². The minimum Gasteiger partial charge on any atom is -0.356 e. The van der Waals surface area contributed by atoms with Crippen molar-refractivity contribution >= 4 is 0 Å². The van der Waals surface area contributed by atoms with Crippen LogP contribution in [0.5, 0.6) is 0 Å². The van der Waals surface area contributed by atoms with Crippen LogP contribution in [0.4, 0.5) is 26.3 Å². The van der Waals surface area contributed by atoms with Crippen molar-refractivity contribution in [3.8, 4) is 16.9 Å². The molecule has 1 aromatic heterocycles. The molecule has 0 aliphatic rings. The average molecular weight is 400 g/mol. The van der Waals surface area contributed by atoms with E-state index in [0.29, 0.717) is 11.3 Å². The number of rotatable bonds is 5. The van der Waals surface area contributed by atoms with Crippen LogP contribution in [0, 0.1) is 0 Å². The van der Waals surface area contributed by atoms with Crippen molar-refractivity contribution in [2.45, 2.75) is 25.1 Å². The maximum atomic E-state index is 12.6. The monoisotopic (exact) mass is 400 g/mol. The third-order valence-electron chi connectivity index (χ3n) is 3.88. The van der Waals surface area contributed by atoms with Gasteiger partial charge in [0.25, 0.3) is 0 Å². The second kappa shape index (κ2) is 7.67. The molecule has 0 N–H and O–H groups in total. The largest absolute Gasteiger partial charge is 0.423 e. The Balaban J connectivity index is 1.84. The number of para-hydroxylation sites is 1. The van der Waals surface area contributed by atoms with Crippen molar-refractivity contribution < 1.29 is 31.1 Å². The maximum Gasteiger partial charge on any atom is 0.423 e. The second-order valence-electron chi connectivity index (χ2n) is 5.94. The third-order valence-corrected chi connectivity index (χ3v) is 3.88. The van der Waals surface area contributed by atoms with E-state index in [2.05, 4.69) is 9.84 Å². The van der Waals surface area contributed by atoms with Crippen molar-refractivity contribution in [2.75, 3.05) is 0 Å². The van der Waals surface area contributed by atoms with Gasteiger partial charge in [-0.3, -0.25) is 0 Å². The summed E-state index contributed by atoms with van der Waals surface area (Å²) >= 11 is 0. The molecule has 0 aliphatic heterocycles. The van der Waals surface area contributed by atoms with Gasteiger partial charge in [0.2, 0.25) is 6.10 Å². The molecule has 0 aliphatic carbocycles. The second-order valence-corrected chi connectivity index (χ2v) is 5.94. The summed E-state index contributed by atoms with van der Waals surface area (Å²) in [5.41, 5.74) is 2.16. The van der Waals surface area contributed by atoms with Crippen molar-refractivity contribution in [2.24, 2.45) is 0 Å². The number of aromatic nitrogens is 2. The molecule has 0 radical (unpaired) electrons. The zero-order valence-corrected chi connectivity index (χ0v) is 14.2. The summed E-state index contributed by atoms with van der Waals surface area (Å²) < 4.78 is 81.4. The van der Waals surface area contributed by atoms with Crippen LogP contribution in [0.3, 0.4) is 0 Å². The van der Waals surface area contributed by atoms with Gasteiger partial charge in [-0.25, -0.2) is 4.68 Å². The number of ether oxygens (including phenoxy) is 1. The van der Waals surface area contributed by atoms with Gasteiger partial charge in [0.15, 0.2) is 0 Å². The molecule has 2 aromatic carbocycles. The number of hydrogen-bond donors (Lipinski definition) is 0. The highest BCUT2D eigenvalue weighted by atomic mass is 19.4. The van der Waals surface area contributed by atoms with Gasteiger partial charge in [0.1, 0.15) is 0 Å². The molecule has 3 rings (SSSR count). The first-order valence-electron chi connectivity index (χ1n) is 8.10. The molecule has 0 saturated carbocycles. The first-order valence-corrected chi connectivity index (χ1v) is 8.10. The fraction of sp³-hybridized carbons (Fsp3) is 0.211. The molecular formula is C19H14F6N2O. The molecule has 9 heteroatoms. The van der Waals surface area contributed by atoms with Crippen molar-refractivity contribution in [1.82, 2.24) is 9.78 Å². The SMILES string of the molecule is FC(F)(F)C(OCc1cccc(-c2ccnn2-c2ccccc2)c1)C(F)(F)F. The van der Waals surface area contributed by atoms with E-state index in [1.165, 1.54) is 18.2 Å². The topological polar surface area (TPSA) is 27.1 Å². The first kappa shape index (κ1) is 19.9. The van der Waals surface area contributed by atoms with Gasteiger partial charge in [-0.05, 0) is 29.8 Å². The Morgan fingerprint density at radius 3 is 2.18 bits per heavy atom. The molecule has 0 atom stereocenters. The van der Waals surface area contributed by atoms with Crippen LogP contribution in [0.25, 0.3) is 16.9 Å². The molecule has 148 valence electrons. The van der Waals surface area contributed by atoms with E-state index in [1.807, 2.05) is 30.3 Å². The Kier molecular flexibility index (Phi) is 5.46. The minimum atomic E-state index is -5.54. The molecule has 0 unspecified atom stereocenters. The molecular weight excluding hydrogens is 386 g/mol. The lowest BCUT2D eigenvalue weighted by Crippen LogP contribution is -2.44. The highest BCUT2D eigenvalue weighted by molar-refractivity contribution is 5.62. The summed E-state index contributed by atoms with van der Waals surface area (Å²) in [5.74, 6) is 0. The third kappa shape index (κ3) is 4.53. The van der Waals surface area contributed by atoms with Gasteiger partial charge >= 0.3 is 12.4 Å². The molecule has 0 saturated heterocycles. The van der Waals surface area contributed by atoms with Crippen LogP contribution in [0.1, 0.15) is 5.56 Å². The number of alkyl halides is 6. The summed E-state index contributed by atoms with van der Waals surface area (Å²) in [6, 6.07) is 16.9. The van der Waals surface area contributed by atoms with Gasteiger partial charge in [-0.15, -0.1) is 0 Å². The lowest BCUT2D eigenvalue weighted by atomic mass is 10.1. The lowest BCUT2D eigenvalue weighted by molar-refractivity contribution is -0.324. The summed E-state index contributed by atoms with van der Waals surface area (Å²) in [6.45, 7) is -0.836. The standard InChI is InChI=1S/C19H14F6N2O/c20-18(21,22)17(19(23,24)25)28-12-13-5-4-6-14(11-13)16-9-10-26-27(16)15-7-2-1-3-8-15/h1-11,17H,12H2. The quantitative estimate of drug-likeness (QED) is 0.525. The highest BCUT2D eigenvalue weighted by Gasteiger charge is 2.57. The van der Waals surface area contributed by atoms with E-state index in [1.54, 1.807) is 23.0 Å². The number of nitrogens with zero attached hydrogens (tertiary/aromatic N) is 2. The van der Waals surface area contributed by atoms with Crippen LogP contribution in [-0.2, 0) is 11.3 Å². The van der Waals surface area contributed by atoms with Crippen molar-refractivity contribution in [1.29, 1.82) is 0 Å². The Labute approximate surface area is 156 Å². The number of benzene rings is 2. The van der Waals surface area contributed by atoms with Crippen LogP contribution >= 0.6 is 0 Å². The minimum absolute atomic E-state index is 0.178. The van der Waals surface area contributed by atoms with Crippen LogP contribution in [-0.4, -0.2) is 28.2 Å². The predicted octanol–water partition coefficient (Wildman–Crippen LogP) is 5.55. The summed E-state index contributed by atoms with van der Waals surface area (Å²) in [6.07, 6.45) is -13.4. The normalized spacial score (nSPS) is 12.5. The predicted molar refractivity (Wildman–Crippen MR) is 89.7 cm³/mol. The first-order chi connectivity index (χ1) is 13.2. The zero-order valence-electron chi connectivity index (χ0n) is 14.2. The molecule has 3 nitrogen and oxygen atoms in total. The summed E-state index contributed by atoms with van der Waals surface area (Å²) in [5, 5.41) is 4.22. The molecule has 0 spiro atoms. The van der Waals surface area contributed by atoms with Gasteiger partial charge in [0, 0.05) is 5.56 Å². The van der Waals surface area contributed by atoms with Gasteiger partial charge in [-0.2, -0.15) is 31.4 Å². The molecule has 0 fully saturated rings. The fourth-order valence-electron chi connectivity index (χ4n) is 2.67. The molecule has 3 aromatic rings.